The largest absolute Gasteiger partial charge is 0.387 e. The summed E-state index contributed by atoms with van der Waals surface area (Å²) in [7, 11) is 0. The number of hydrogen-bond acceptors (Lipinski definition) is 4. The Morgan fingerprint density at radius 3 is 2.08 bits per heavy atom. The lowest BCUT2D eigenvalue weighted by molar-refractivity contribution is 0.516. The molecular weight excluding hydrogens is 490 g/mol. The first-order valence-electron chi connectivity index (χ1n) is 13.7. The summed E-state index contributed by atoms with van der Waals surface area (Å²) >= 11 is 0. The quantitative estimate of drug-likeness (QED) is 0.234. The van der Waals surface area contributed by atoms with Crippen LogP contribution in [0.15, 0.2) is 151 Å². The molecule has 5 nitrogen and oxygen atoms in total. The zero-order valence-electron chi connectivity index (χ0n) is 22.4. The highest BCUT2D eigenvalue weighted by atomic mass is 15.6. The van der Waals surface area contributed by atoms with Gasteiger partial charge in [-0.15, -0.1) is 0 Å². The van der Waals surface area contributed by atoms with Crippen molar-refractivity contribution in [3.05, 3.63) is 156 Å². The summed E-state index contributed by atoms with van der Waals surface area (Å²) in [4.78, 5) is 0. The Kier molecular flexibility index (Phi) is 6.09. The summed E-state index contributed by atoms with van der Waals surface area (Å²) < 4.78 is 2.35. The molecule has 5 aromatic rings. The smallest absolute Gasteiger partial charge is 0.144 e. The van der Waals surface area contributed by atoms with E-state index >= 15 is 0 Å². The van der Waals surface area contributed by atoms with E-state index in [0.717, 1.165) is 34.8 Å². The minimum absolute atomic E-state index is 0.123. The van der Waals surface area contributed by atoms with Crippen LogP contribution in [-0.2, 0) is 0 Å². The predicted molar refractivity (Wildman–Crippen MR) is 166 cm³/mol. The molecule has 4 aromatic carbocycles. The highest BCUT2D eigenvalue weighted by Gasteiger charge is 2.23. The third-order valence-corrected chi connectivity index (χ3v) is 7.61. The van der Waals surface area contributed by atoms with Gasteiger partial charge < -0.3 is 20.6 Å². The van der Waals surface area contributed by atoms with Crippen molar-refractivity contribution in [3.63, 3.8) is 0 Å². The van der Waals surface area contributed by atoms with Crippen LogP contribution in [-0.4, -0.2) is 11.1 Å². The van der Waals surface area contributed by atoms with Gasteiger partial charge in [0.15, 0.2) is 0 Å². The van der Waals surface area contributed by atoms with Crippen LogP contribution in [0.5, 0.6) is 0 Å². The summed E-state index contributed by atoms with van der Waals surface area (Å²) in [6.45, 7) is 2.93. The van der Waals surface area contributed by atoms with Gasteiger partial charge in [-0.25, -0.2) is 0 Å². The number of para-hydroxylation sites is 3. The minimum Gasteiger partial charge on any atom is -0.387 e. The molecule has 40 heavy (non-hydrogen) atoms. The lowest BCUT2D eigenvalue weighted by Gasteiger charge is -2.36. The fourth-order valence-electron chi connectivity index (χ4n) is 5.71. The summed E-state index contributed by atoms with van der Waals surface area (Å²) in [5.41, 5.74) is 12.9. The summed E-state index contributed by atoms with van der Waals surface area (Å²) in [5.74, 6) is 0. The normalized spacial score (nSPS) is 19.8. The fraction of sp³-hybridized carbons (Fsp3) is 0.0857. The zero-order chi connectivity index (χ0) is 26.9. The minimum atomic E-state index is -0.123. The Labute approximate surface area is 234 Å². The second kappa shape index (κ2) is 10.2. The number of hydrogen-bond donors (Lipinski definition) is 3. The van der Waals surface area contributed by atoms with E-state index < -0.39 is 0 Å². The first-order chi connectivity index (χ1) is 19.8. The van der Waals surface area contributed by atoms with Gasteiger partial charge >= 0.3 is 0 Å². The number of benzene rings is 4. The molecule has 1 atom stereocenters. The van der Waals surface area contributed by atoms with Gasteiger partial charge in [-0.05, 0) is 78.4 Å². The van der Waals surface area contributed by atoms with E-state index in [2.05, 4.69) is 148 Å². The third-order valence-electron chi connectivity index (χ3n) is 7.61. The molecule has 0 fully saturated rings. The monoisotopic (exact) mass is 521 g/mol. The fourth-order valence-corrected chi connectivity index (χ4v) is 5.71. The first-order valence-corrected chi connectivity index (χ1v) is 13.7. The number of nitrogens with zero attached hydrogens (tertiary/aromatic N) is 2. The Morgan fingerprint density at radius 1 is 0.725 bits per heavy atom. The molecule has 0 saturated heterocycles. The van der Waals surface area contributed by atoms with E-state index in [1.807, 2.05) is 18.3 Å². The van der Waals surface area contributed by atoms with E-state index in [4.69, 9.17) is 0 Å². The van der Waals surface area contributed by atoms with Gasteiger partial charge in [-0.2, -0.15) is 0 Å². The average Bonchev–Trinajstić information content (AvgIpc) is 3.34. The number of anilines is 1. The van der Waals surface area contributed by atoms with Gasteiger partial charge in [0.25, 0.3) is 0 Å². The van der Waals surface area contributed by atoms with Gasteiger partial charge in [-0.1, -0.05) is 72.8 Å². The maximum absolute atomic E-state index is 3.78. The number of aromatic nitrogens is 1. The Balaban J connectivity index is 1.29. The van der Waals surface area contributed by atoms with Crippen molar-refractivity contribution in [1.82, 2.24) is 20.6 Å². The number of nitrogens with one attached hydrogen (secondary N) is 3. The van der Waals surface area contributed by atoms with Crippen LogP contribution in [0.25, 0.3) is 27.5 Å². The van der Waals surface area contributed by atoms with Gasteiger partial charge in [-0.3, -0.25) is 5.01 Å². The first kappa shape index (κ1) is 23.9. The molecule has 1 unspecified atom stereocenters. The molecule has 0 aliphatic carbocycles. The van der Waals surface area contributed by atoms with E-state index in [-0.39, 0.29) is 6.17 Å². The van der Waals surface area contributed by atoms with Crippen molar-refractivity contribution < 1.29 is 0 Å². The van der Waals surface area contributed by atoms with Gasteiger partial charge in [0.05, 0.1) is 16.7 Å². The highest BCUT2D eigenvalue weighted by molar-refractivity contribution is 6.09. The lowest BCUT2D eigenvalue weighted by Crippen LogP contribution is -2.45. The molecule has 5 heteroatoms. The molecule has 2 aliphatic rings. The molecule has 0 bridgehead atoms. The molecule has 0 amide bonds. The molecule has 2 aliphatic heterocycles. The number of allylic oxidation sites excluding steroid dienone is 4. The van der Waals surface area contributed by atoms with Crippen molar-refractivity contribution in [1.29, 1.82) is 0 Å². The van der Waals surface area contributed by atoms with E-state index in [1.165, 1.54) is 27.4 Å². The molecule has 196 valence electrons. The van der Waals surface area contributed by atoms with E-state index in [9.17, 15) is 0 Å². The number of rotatable bonds is 4. The molecular formula is C35H31N5. The maximum atomic E-state index is 3.78. The molecule has 3 heterocycles. The molecule has 0 spiro atoms. The van der Waals surface area contributed by atoms with Crippen molar-refractivity contribution >= 4 is 27.5 Å². The van der Waals surface area contributed by atoms with E-state index in [1.54, 1.807) is 0 Å². The van der Waals surface area contributed by atoms with Crippen LogP contribution >= 0.6 is 0 Å². The van der Waals surface area contributed by atoms with Crippen LogP contribution in [0.2, 0.25) is 0 Å². The third kappa shape index (κ3) is 4.31. The molecule has 0 radical (unpaired) electrons. The maximum Gasteiger partial charge on any atom is 0.144 e. The van der Waals surface area contributed by atoms with Crippen molar-refractivity contribution in [2.75, 3.05) is 11.6 Å². The van der Waals surface area contributed by atoms with E-state index in [0.29, 0.717) is 0 Å². The second-order valence-electron chi connectivity index (χ2n) is 10.2. The topological polar surface area (TPSA) is 44.3 Å². The molecule has 7 rings (SSSR count). The number of fused-ring (bicyclic) bond motifs is 3. The predicted octanol–water partition coefficient (Wildman–Crippen LogP) is 7.23. The Hall–Kier alpha value is -5.16. The highest BCUT2D eigenvalue weighted by Crippen LogP contribution is 2.33. The van der Waals surface area contributed by atoms with Crippen LogP contribution in [0.3, 0.4) is 0 Å². The summed E-state index contributed by atoms with van der Waals surface area (Å²) in [6.07, 6.45) is 10.4. The van der Waals surface area contributed by atoms with Crippen molar-refractivity contribution in [3.8, 4) is 5.69 Å². The number of dihydropyridines is 1. The second-order valence-corrected chi connectivity index (χ2v) is 10.2. The van der Waals surface area contributed by atoms with Crippen molar-refractivity contribution in [2.45, 2.75) is 13.1 Å². The van der Waals surface area contributed by atoms with Crippen LogP contribution in [0.1, 0.15) is 18.7 Å². The standard InChI is InChI=1S/C35H31N5/c1-25-22-28(27-10-9-21-36-23-27)24-37-40(30-11-3-2-4-12-30)35(38-25)26-17-19-29(20-18-26)39-33-15-7-5-13-31(33)32-14-6-8-16-34(32)39/h2-22,24,35-38H,23H2,1H3/b25-22+,28-24+. The SMILES string of the molecule is C/C1=C\C(C2=CC=CNC2)=C/NN(c2ccccc2)C(c2ccc(-n3c4ccccc4c4ccccc43)cc2)N1. The Bertz CT molecular complexity index is 1750. The Morgan fingerprint density at radius 2 is 1.40 bits per heavy atom. The van der Waals surface area contributed by atoms with Gasteiger partial charge in [0.1, 0.15) is 6.17 Å². The van der Waals surface area contributed by atoms with Crippen LogP contribution < -0.4 is 21.1 Å². The average molecular weight is 522 g/mol. The summed E-state index contributed by atoms with van der Waals surface area (Å²) in [5, 5.41) is 11.8. The van der Waals surface area contributed by atoms with Crippen LogP contribution in [0.4, 0.5) is 5.69 Å². The van der Waals surface area contributed by atoms with Crippen LogP contribution in [0, 0.1) is 0 Å². The van der Waals surface area contributed by atoms with Gasteiger partial charge in [0, 0.05) is 34.9 Å². The lowest BCUT2D eigenvalue weighted by atomic mass is 10.0. The van der Waals surface area contributed by atoms with Gasteiger partial charge in [0.2, 0.25) is 0 Å². The zero-order valence-corrected chi connectivity index (χ0v) is 22.4. The summed E-state index contributed by atoms with van der Waals surface area (Å²) in [6, 6.07) is 36.6. The molecule has 1 aromatic heterocycles. The number of hydrazine groups is 1. The molecule has 0 saturated carbocycles. The molecule has 3 N–H and O–H groups in total. The van der Waals surface area contributed by atoms with Crippen molar-refractivity contribution in [2.24, 2.45) is 0 Å².